The number of pyridine rings is 1. The molecular formula is C15H21N3O. The normalized spacial score (nSPS) is 26.5. The van der Waals surface area contributed by atoms with Crippen molar-refractivity contribution < 1.29 is 4.79 Å². The first kappa shape index (κ1) is 12.6. The number of carbonyl (C=O) groups excluding carboxylic acids is 1. The van der Waals surface area contributed by atoms with Gasteiger partial charge in [0.2, 0.25) is 5.91 Å². The van der Waals surface area contributed by atoms with Crippen LogP contribution in [-0.4, -0.2) is 35.4 Å². The molecular weight excluding hydrogens is 238 g/mol. The number of piperidine rings is 1. The second-order valence-electron chi connectivity index (χ2n) is 5.76. The Labute approximate surface area is 114 Å². The van der Waals surface area contributed by atoms with E-state index < -0.39 is 0 Å². The number of amides is 1. The summed E-state index contributed by atoms with van der Waals surface area (Å²) in [6, 6.07) is 4.10. The summed E-state index contributed by atoms with van der Waals surface area (Å²) in [5.41, 5.74) is 1.70. The second kappa shape index (κ2) is 4.60. The Kier molecular flexibility index (Phi) is 3.05. The number of aryl methyl sites for hydroxylation is 1. The van der Waals surface area contributed by atoms with Crippen molar-refractivity contribution in [3.63, 3.8) is 0 Å². The highest BCUT2D eigenvalue weighted by Crippen LogP contribution is 2.42. The molecule has 0 aliphatic carbocycles. The molecule has 1 N–H and O–H groups in total. The van der Waals surface area contributed by atoms with Crippen LogP contribution < -0.4 is 5.32 Å². The minimum atomic E-state index is -0.358. The van der Waals surface area contributed by atoms with Gasteiger partial charge in [0, 0.05) is 17.8 Å². The molecule has 4 nitrogen and oxygen atoms in total. The van der Waals surface area contributed by atoms with Crippen LogP contribution in [0, 0.1) is 6.92 Å². The van der Waals surface area contributed by atoms with Gasteiger partial charge in [-0.05, 0) is 45.3 Å². The highest BCUT2D eigenvalue weighted by atomic mass is 16.2. The van der Waals surface area contributed by atoms with E-state index in [1.165, 1.54) is 0 Å². The van der Waals surface area contributed by atoms with Crippen LogP contribution >= 0.6 is 0 Å². The fourth-order valence-corrected chi connectivity index (χ4v) is 3.44. The molecule has 1 saturated heterocycles. The quantitative estimate of drug-likeness (QED) is 0.884. The summed E-state index contributed by atoms with van der Waals surface area (Å²) in [5.74, 6) is 0.921. The number of nitrogens with one attached hydrogen (secondary N) is 1. The summed E-state index contributed by atoms with van der Waals surface area (Å²) in [7, 11) is 0. The lowest BCUT2D eigenvalue weighted by Crippen LogP contribution is -2.50. The molecule has 4 heteroatoms. The van der Waals surface area contributed by atoms with Crippen molar-refractivity contribution in [1.82, 2.24) is 9.88 Å². The van der Waals surface area contributed by atoms with Crippen LogP contribution in [0.3, 0.4) is 0 Å². The van der Waals surface area contributed by atoms with E-state index in [0.717, 1.165) is 56.0 Å². The van der Waals surface area contributed by atoms with Crippen molar-refractivity contribution in [1.29, 1.82) is 0 Å². The van der Waals surface area contributed by atoms with Crippen LogP contribution in [0.2, 0.25) is 0 Å². The molecule has 0 unspecified atom stereocenters. The highest BCUT2D eigenvalue weighted by molar-refractivity contribution is 6.05. The maximum atomic E-state index is 12.5. The van der Waals surface area contributed by atoms with Crippen molar-refractivity contribution in [2.24, 2.45) is 0 Å². The van der Waals surface area contributed by atoms with Crippen molar-refractivity contribution in [2.45, 2.75) is 38.5 Å². The maximum Gasteiger partial charge on any atom is 0.237 e. The van der Waals surface area contributed by atoms with Gasteiger partial charge in [0.1, 0.15) is 5.82 Å². The first-order valence-electron chi connectivity index (χ1n) is 7.17. The van der Waals surface area contributed by atoms with Gasteiger partial charge < -0.3 is 10.2 Å². The molecule has 2 aliphatic rings. The van der Waals surface area contributed by atoms with Gasteiger partial charge in [-0.3, -0.25) is 4.79 Å². The predicted molar refractivity (Wildman–Crippen MR) is 75.2 cm³/mol. The number of nitrogens with zero attached hydrogens (tertiary/aromatic N) is 2. The molecule has 1 spiro atoms. The highest BCUT2D eigenvalue weighted by Gasteiger charge is 2.49. The fourth-order valence-electron chi connectivity index (χ4n) is 3.44. The van der Waals surface area contributed by atoms with Crippen LogP contribution in [0.1, 0.15) is 37.4 Å². The lowest BCUT2D eigenvalue weighted by Gasteiger charge is -2.38. The molecule has 1 atom stereocenters. The number of likely N-dealkylation sites (tertiary alicyclic amines) is 1. The molecule has 1 amide bonds. The Morgan fingerprint density at radius 1 is 1.47 bits per heavy atom. The zero-order valence-electron chi connectivity index (χ0n) is 11.7. The molecule has 3 heterocycles. The molecule has 1 aromatic rings. The summed E-state index contributed by atoms with van der Waals surface area (Å²) < 4.78 is 0. The molecule has 102 valence electrons. The zero-order chi connectivity index (χ0) is 13.5. The minimum absolute atomic E-state index is 0.140. The number of aromatic nitrogens is 1. The van der Waals surface area contributed by atoms with Gasteiger partial charge >= 0.3 is 0 Å². The summed E-state index contributed by atoms with van der Waals surface area (Å²) in [4.78, 5) is 19.4. The summed E-state index contributed by atoms with van der Waals surface area (Å²) in [6.45, 7) is 7.17. The standard InChI is InChI=1S/C15H21N3O/c1-3-8-18-9-4-7-15(10-18)12-6-5-11(2)16-13(12)17-14(15)19/h5-6H,3-4,7-10H2,1-2H3,(H,16,17,19)/t15-/m0/s1. The number of hydrogen-bond acceptors (Lipinski definition) is 3. The average molecular weight is 259 g/mol. The van der Waals surface area contributed by atoms with E-state index in [1.54, 1.807) is 0 Å². The van der Waals surface area contributed by atoms with E-state index in [9.17, 15) is 4.79 Å². The zero-order valence-corrected chi connectivity index (χ0v) is 11.7. The van der Waals surface area contributed by atoms with Crippen LogP contribution in [0.5, 0.6) is 0 Å². The van der Waals surface area contributed by atoms with Gasteiger partial charge in [-0.15, -0.1) is 0 Å². The van der Waals surface area contributed by atoms with Gasteiger partial charge in [0.15, 0.2) is 0 Å². The summed E-state index contributed by atoms with van der Waals surface area (Å²) in [5, 5.41) is 2.98. The Balaban J connectivity index is 1.97. The van der Waals surface area contributed by atoms with Gasteiger partial charge in [-0.25, -0.2) is 4.98 Å². The third kappa shape index (κ3) is 1.94. The first-order chi connectivity index (χ1) is 9.15. The largest absolute Gasteiger partial charge is 0.310 e. The van der Waals surface area contributed by atoms with Crippen LogP contribution in [0.15, 0.2) is 12.1 Å². The molecule has 1 aromatic heterocycles. The SMILES string of the molecule is CCCN1CCC[C@@]2(C1)C(=O)Nc1nc(C)ccc12. The van der Waals surface area contributed by atoms with Gasteiger partial charge in [-0.1, -0.05) is 13.0 Å². The Morgan fingerprint density at radius 3 is 3.11 bits per heavy atom. The Hall–Kier alpha value is -1.42. The topological polar surface area (TPSA) is 45.2 Å². The van der Waals surface area contributed by atoms with E-state index in [-0.39, 0.29) is 11.3 Å². The molecule has 2 aliphatic heterocycles. The van der Waals surface area contributed by atoms with Crippen molar-refractivity contribution in [2.75, 3.05) is 25.0 Å². The lowest BCUT2D eigenvalue weighted by molar-refractivity contribution is -0.122. The van der Waals surface area contributed by atoms with Gasteiger partial charge in [-0.2, -0.15) is 0 Å². The van der Waals surface area contributed by atoms with E-state index >= 15 is 0 Å². The smallest absolute Gasteiger partial charge is 0.237 e. The van der Waals surface area contributed by atoms with E-state index in [2.05, 4.69) is 28.2 Å². The molecule has 1 fully saturated rings. The molecule has 3 rings (SSSR count). The molecule has 0 aromatic carbocycles. The monoisotopic (exact) mass is 259 g/mol. The van der Waals surface area contributed by atoms with E-state index in [0.29, 0.717) is 0 Å². The third-order valence-corrected chi connectivity index (χ3v) is 4.33. The number of hydrogen-bond donors (Lipinski definition) is 1. The molecule has 0 saturated carbocycles. The van der Waals surface area contributed by atoms with Crippen LogP contribution in [-0.2, 0) is 10.2 Å². The summed E-state index contributed by atoms with van der Waals surface area (Å²) >= 11 is 0. The first-order valence-corrected chi connectivity index (χ1v) is 7.17. The van der Waals surface area contributed by atoms with Crippen LogP contribution in [0.25, 0.3) is 0 Å². The Morgan fingerprint density at radius 2 is 2.32 bits per heavy atom. The third-order valence-electron chi connectivity index (χ3n) is 4.33. The molecule has 0 bridgehead atoms. The minimum Gasteiger partial charge on any atom is -0.310 e. The summed E-state index contributed by atoms with van der Waals surface area (Å²) in [6.07, 6.45) is 3.16. The van der Waals surface area contributed by atoms with Crippen molar-refractivity contribution in [3.8, 4) is 0 Å². The molecule has 19 heavy (non-hydrogen) atoms. The number of carbonyl (C=O) groups is 1. The number of rotatable bonds is 2. The maximum absolute atomic E-state index is 12.5. The Bertz CT molecular complexity index is 512. The van der Waals surface area contributed by atoms with Gasteiger partial charge in [0.05, 0.1) is 5.41 Å². The van der Waals surface area contributed by atoms with Crippen molar-refractivity contribution >= 4 is 11.7 Å². The fraction of sp³-hybridized carbons (Fsp3) is 0.600. The number of anilines is 1. The lowest BCUT2D eigenvalue weighted by atomic mass is 9.75. The average Bonchev–Trinajstić information content (AvgIpc) is 2.62. The molecule has 0 radical (unpaired) electrons. The van der Waals surface area contributed by atoms with Gasteiger partial charge in [0.25, 0.3) is 0 Å². The number of fused-ring (bicyclic) bond motifs is 2. The predicted octanol–water partition coefficient (Wildman–Crippen LogP) is 2.09. The van der Waals surface area contributed by atoms with E-state index in [4.69, 9.17) is 0 Å². The van der Waals surface area contributed by atoms with Crippen molar-refractivity contribution in [3.05, 3.63) is 23.4 Å². The van der Waals surface area contributed by atoms with E-state index in [1.807, 2.05) is 13.0 Å². The second-order valence-corrected chi connectivity index (χ2v) is 5.76. The van der Waals surface area contributed by atoms with Crippen LogP contribution in [0.4, 0.5) is 5.82 Å².